The van der Waals surface area contributed by atoms with Gasteiger partial charge in [-0.15, -0.1) is 23.8 Å². The topological polar surface area (TPSA) is 50.9 Å². The summed E-state index contributed by atoms with van der Waals surface area (Å²) in [6.45, 7) is -19.4. The molecule has 5 heteroatoms. The molecule has 4 nitrogen and oxygen atoms in total. The van der Waals surface area contributed by atoms with Crippen molar-refractivity contribution in [2.75, 3.05) is 0 Å². The van der Waals surface area contributed by atoms with Crippen molar-refractivity contribution in [1.82, 2.24) is 14.5 Å². The smallest absolute Gasteiger partial charge is 0.148 e. The summed E-state index contributed by atoms with van der Waals surface area (Å²) in [7, 11) is 0. The van der Waals surface area contributed by atoms with E-state index in [1.54, 1.807) is 56.4 Å². The molecule has 9 aromatic rings. The number of aromatic nitrogens is 3. The first-order valence-corrected chi connectivity index (χ1v) is 20.7. The molecule has 0 radical (unpaired) electrons. The summed E-state index contributed by atoms with van der Waals surface area (Å²) in [5.41, 5.74) is -3.22. The van der Waals surface area contributed by atoms with Crippen LogP contribution in [-0.2, 0) is 31.9 Å². The Morgan fingerprint density at radius 3 is 1.98 bits per heavy atom. The Kier molecular flexibility index (Phi) is 7.49. The average molecular weight is 1050 g/mol. The standard InChI is InChI=1S/C60H56N3O.Pt/c1-38(2)51-37-48(27-28-49(51)42-19-14-11-15-20-42)63-55-22-16-21-50(56(55)62-58(63)52-35-47(59(4,5)6)36-53(57(52)64)60(7,8)9)45-31-44(40-17-12-10-13-18-40)32-46(33-45)54-34-43(29-30-61-54)41-25-23-39(3)24-26-41;/h10-32,34-38,64H,1-9H3;/q-1;/i4D3,5D3,6D3,7D3,8D3,9D3,38D;. The van der Waals surface area contributed by atoms with Crippen molar-refractivity contribution in [1.29, 1.82) is 0 Å². The minimum atomic E-state index is -4.17. The van der Waals surface area contributed by atoms with E-state index in [2.05, 4.69) is 6.07 Å². The molecule has 0 aliphatic rings. The Morgan fingerprint density at radius 1 is 0.615 bits per heavy atom. The molecule has 0 aliphatic heterocycles. The molecule has 0 spiro atoms. The van der Waals surface area contributed by atoms with Crippen LogP contribution in [0.5, 0.6) is 5.75 Å². The number of aryl methyl sites for hydroxylation is 1. The molecule has 1 N–H and O–H groups in total. The van der Waals surface area contributed by atoms with Crippen molar-refractivity contribution in [2.45, 2.75) is 78.6 Å². The maximum atomic E-state index is 13.0. The number of phenols is 1. The van der Waals surface area contributed by atoms with E-state index in [1.807, 2.05) is 116 Å². The van der Waals surface area contributed by atoms with E-state index in [-0.39, 0.29) is 43.9 Å². The van der Waals surface area contributed by atoms with E-state index in [9.17, 15) is 6.48 Å². The number of imidazole rings is 1. The molecule has 0 aliphatic carbocycles. The van der Waals surface area contributed by atoms with Crippen LogP contribution >= 0.6 is 0 Å². The van der Waals surface area contributed by atoms with Crippen LogP contribution in [0.3, 0.4) is 0 Å². The largest absolute Gasteiger partial charge is 0.507 e. The molecule has 0 fully saturated rings. The van der Waals surface area contributed by atoms with Gasteiger partial charge in [-0.3, -0.25) is 9.55 Å². The van der Waals surface area contributed by atoms with Crippen molar-refractivity contribution in [2.24, 2.45) is 0 Å². The Bertz CT molecular complexity index is 3820. The SMILES string of the molecule is [2H]C(C)(C)c1cc(-n2c(-c3cc(C(C([2H])([2H])[2H])(C([2H])([2H])[2H])C([2H])([2H])[2H])cc(C(C([2H])([2H])[2H])(C([2H])([2H])[2H])C([2H])([2H])[2H])c3O)nc3c(-c4[c-]c(-c5cc(-c6ccc(C)cc6)ccn5)cc(-c5ccccc5)c4)cccc32)ccc1-c1ccccc1.[Pt]. The summed E-state index contributed by atoms with van der Waals surface area (Å²) in [5, 5.41) is 13.0. The Hall–Kier alpha value is -6.35. The molecule has 0 saturated carbocycles. The second-order valence-corrected chi connectivity index (χ2v) is 16.3. The third kappa shape index (κ3) is 9.02. The number of nitrogens with zero attached hydrogens (tertiary/aromatic N) is 3. The van der Waals surface area contributed by atoms with Gasteiger partial charge in [0, 0.05) is 70.3 Å². The summed E-state index contributed by atoms with van der Waals surface area (Å²) in [5.74, 6) is -3.23. The zero-order chi connectivity index (χ0) is 60.8. The molecule has 328 valence electrons. The quantitative estimate of drug-likeness (QED) is 0.154. The third-order valence-electron chi connectivity index (χ3n) is 11.4. The van der Waals surface area contributed by atoms with Crippen molar-refractivity contribution < 1.29 is 52.2 Å². The number of hydrogen-bond acceptors (Lipinski definition) is 3. The molecule has 0 atom stereocenters. The number of hydrogen-bond donors (Lipinski definition) is 1. The van der Waals surface area contributed by atoms with E-state index >= 15 is 0 Å². The van der Waals surface area contributed by atoms with Gasteiger partial charge < -0.3 is 5.11 Å². The van der Waals surface area contributed by atoms with Gasteiger partial charge in [-0.2, -0.15) is 0 Å². The minimum Gasteiger partial charge on any atom is -0.507 e. The molecule has 0 unspecified atom stereocenters. The van der Waals surface area contributed by atoms with E-state index in [4.69, 9.17) is 34.6 Å². The van der Waals surface area contributed by atoms with Gasteiger partial charge in [-0.05, 0) is 92.9 Å². The monoisotopic (exact) mass is 1050 g/mol. The van der Waals surface area contributed by atoms with Crippen LogP contribution in [0, 0.1) is 13.0 Å². The number of fused-ring (bicyclic) bond motifs is 1. The predicted molar refractivity (Wildman–Crippen MR) is 268 cm³/mol. The van der Waals surface area contributed by atoms with Crippen LogP contribution in [0.15, 0.2) is 164 Å². The van der Waals surface area contributed by atoms with Gasteiger partial charge in [0.25, 0.3) is 0 Å². The summed E-state index contributed by atoms with van der Waals surface area (Å²) in [6, 6.07) is 48.8. The Balaban J connectivity index is 0.00000920. The van der Waals surface area contributed by atoms with Crippen LogP contribution in [0.4, 0.5) is 0 Å². The van der Waals surface area contributed by atoms with Crippen molar-refractivity contribution in [3.05, 3.63) is 192 Å². The number of para-hydroxylation sites is 1. The van der Waals surface area contributed by atoms with Gasteiger partial charge in [-0.1, -0.05) is 192 Å². The number of rotatable bonds is 8. The van der Waals surface area contributed by atoms with Gasteiger partial charge in [0.1, 0.15) is 11.6 Å². The van der Waals surface area contributed by atoms with E-state index < -0.39 is 86.1 Å². The molecule has 65 heavy (non-hydrogen) atoms. The Labute approximate surface area is 426 Å². The molecular formula is C60H56N3OPt-. The van der Waals surface area contributed by atoms with Gasteiger partial charge >= 0.3 is 0 Å². The number of phenolic OH excluding ortho intramolecular Hbond substituents is 1. The van der Waals surface area contributed by atoms with Crippen molar-refractivity contribution in [3.63, 3.8) is 0 Å². The van der Waals surface area contributed by atoms with E-state index in [0.29, 0.717) is 45.1 Å². The number of benzene rings is 7. The van der Waals surface area contributed by atoms with Crippen LogP contribution < -0.4 is 0 Å². The number of aromatic hydroxyl groups is 1. The first-order valence-electron chi connectivity index (χ1n) is 30.2. The second-order valence-electron chi connectivity index (χ2n) is 16.3. The van der Waals surface area contributed by atoms with Crippen molar-refractivity contribution in [3.8, 4) is 78.6 Å². The normalized spacial score (nSPS) is 17.5. The van der Waals surface area contributed by atoms with Crippen LogP contribution in [0.25, 0.3) is 83.9 Å². The molecule has 0 amide bonds. The fraction of sp³-hybridized carbons (Fsp3) is 0.200. The number of pyridine rings is 1. The van der Waals surface area contributed by atoms with Crippen LogP contribution in [-0.4, -0.2) is 19.6 Å². The zero-order valence-corrected chi connectivity index (χ0v) is 38.0. The van der Waals surface area contributed by atoms with Crippen LogP contribution in [0.1, 0.15) is 109 Å². The van der Waals surface area contributed by atoms with Gasteiger partial charge in [-0.25, -0.2) is 4.98 Å². The first kappa shape index (κ1) is 27.2. The minimum absolute atomic E-state index is 0. The summed E-state index contributed by atoms with van der Waals surface area (Å²) >= 11 is 0. The van der Waals surface area contributed by atoms with Gasteiger partial charge in [0.15, 0.2) is 0 Å². The molecule has 7 aromatic carbocycles. The fourth-order valence-electron chi connectivity index (χ4n) is 8.17. The summed E-state index contributed by atoms with van der Waals surface area (Å²) in [6.07, 6.45) is 1.69. The summed E-state index contributed by atoms with van der Waals surface area (Å²) in [4.78, 5) is 9.90. The Morgan fingerprint density at radius 2 is 1.29 bits per heavy atom. The van der Waals surface area contributed by atoms with Gasteiger partial charge in [0.05, 0.1) is 16.6 Å². The van der Waals surface area contributed by atoms with E-state index in [0.717, 1.165) is 27.8 Å². The summed E-state index contributed by atoms with van der Waals surface area (Å²) < 4.78 is 169. The predicted octanol–water partition coefficient (Wildman–Crippen LogP) is 16.0. The molecule has 0 saturated heterocycles. The van der Waals surface area contributed by atoms with E-state index in [1.165, 1.54) is 4.57 Å². The first-order chi connectivity index (χ1) is 38.4. The van der Waals surface area contributed by atoms with Crippen LogP contribution in [0.2, 0.25) is 0 Å². The maximum absolute atomic E-state index is 13.0. The molecule has 9 rings (SSSR count). The fourth-order valence-corrected chi connectivity index (χ4v) is 8.17. The van der Waals surface area contributed by atoms with Crippen molar-refractivity contribution >= 4 is 11.0 Å². The molecule has 2 aromatic heterocycles. The average Bonchev–Trinajstić information content (AvgIpc) is 3.74. The molecule has 0 bridgehead atoms. The third-order valence-corrected chi connectivity index (χ3v) is 11.4. The molecular weight excluding hydrogens is 974 g/mol. The van der Waals surface area contributed by atoms with Gasteiger partial charge in [0.2, 0.25) is 0 Å². The second kappa shape index (κ2) is 17.9. The molecule has 2 heterocycles. The maximum Gasteiger partial charge on any atom is 0.148 e. The zero-order valence-electron chi connectivity index (χ0n) is 54.7.